The summed E-state index contributed by atoms with van der Waals surface area (Å²) < 4.78 is 8.43. The molecule has 0 spiro atoms. The van der Waals surface area contributed by atoms with E-state index < -0.39 is 12.6 Å². The van der Waals surface area contributed by atoms with Crippen molar-refractivity contribution in [3.05, 3.63) is 117 Å². The highest BCUT2D eigenvalue weighted by Gasteiger charge is 2.19. The summed E-state index contributed by atoms with van der Waals surface area (Å²) in [4.78, 5) is 37.5. The zero-order valence-electron chi connectivity index (χ0n) is 19.3. The second kappa shape index (κ2) is 9.70. The van der Waals surface area contributed by atoms with Crippen molar-refractivity contribution in [3.8, 4) is 5.69 Å². The number of aryl methyl sites for hydroxylation is 2. The summed E-state index contributed by atoms with van der Waals surface area (Å²) in [5, 5.41) is 4.11. The Hall–Kier alpha value is -4.26. The lowest BCUT2D eigenvalue weighted by Crippen LogP contribution is -2.26. The summed E-state index contributed by atoms with van der Waals surface area (Å²) in [6.45, 7) is 5.62. The van der Waals surface area contributed by atoms with Crippen molar-refractivity contribution in [1.29, 1.82) is 0 Å². The first-order valence-corrected chi connectivity index (χ1v) is 10.9. The maximum atomic E-state index is 12.8. The van der Waals surface area contributed by atoms with Gasteiger partial charge in [-0.2, -0.15) is 5.10 Å². The monoisotopic (exact) mass is 455 g/mol. The van der Waals surface area contributed by atoms with Crippen molar-refractivity contribution in [2.24, 2.45) is 0 Å². The maximum Gasteiger partial charge on any atom is 0.359 e. The molecule has 7 nitrogen and oxygen atoms in total. The van der Waals surface area contributed by atoms with Crippen LogP contribution >= 0.6 is 0 Å². The summed E-state index contributed by atoms with van der Waals surface area (Å²) in [5.74, 6) is -1.07. The summed E-state index contributed by atoms with van der Waals surface area (Å²) in [7, 11) is 0. The Morgan fingerprint density at radius 2 is 1.62 bits per heavy atom. The molecule has 2 heterocycles. The molecule has 4 aromatic rings. The number of aromatic nitrogens is 3. The highest BCUT2D eigenvalue weighted by atomic mass is 16.5. The molecule has 0 fully saturated rings. The molecule has 0 saturated carbocycles. The Labute approximate surface area is 197 Å². The molecule has 0 bridgehead atoms. The lowest BCUT2D eigenvalue weighted by atomic mass is 10.1. The van der Waals surface area contributed by atoms with E-state index in [1.165, 1.54) is 16.8 Å². The minimum Gasteiger partial charge on any atom is -0.453 e. The Morgan fingerprint density at radius 1 is 0.912 bits per heavy atom. The average molecular weight is 456 g/mol. The van der Waals surface area contributed by atoms with Crippen LogP contribution in [-0.2, 0) is 11.3 Å². The Bertz CT molecular complexity index is 1400. The predicted molar refractivity (Wildman–Crippen MR) is 129 cm³/mol. The smallest absolute Gasteiger partial charge is 0.359 e. The number of benzene rings is 2. The van der Waals surface area contributed by atoms with Gasteiger partial charge in [0.05, 0.1) is 6.54 Å². The van der Waals surface area contributed by atoms with E-state index in [-0.39, 0.29) is 23.6 Å². The van der Waals surface area contributed by atoms with E-state index in [2.05, 4.69) is 5.10 Å². The SMILES string of the molecule is Cc1ccc(-n2c(C)cc(C(=O)COC(=O)c3ccc(=O)n(Cc4ccccc4)n3)c2C)cc1. The zero-order valence-corrected chi connectivity index (χ0v) is 19.3. The first-order chi connectivity index (χ1) is 16.3. The fourth-order valence-electron chi connectivity index (χ4n) is 3.85. The molecular weight excluding hydrogens is 430 g/mol. The Morgan fingerprint density at radius 3 is 2.32 bits per heavy atom. The van der Waals surface area contributed by atoms with Crippen LogP contribution in [0.15, 0.2) is 77.6 Å². The van der Waals surface area contributed by atoms with Crippen molar-refractivity contribution in [3.63, 3.8) is 0 Å². The average Bonchev–Trinajstić information content (AvgIpc) is 3.14. The third kappa shape index (κ3) is 4.88. The molecule has 34 heavy (non-hydrogen) atoms. The van der Waals surface area contributed by atoms with Crippen molar-refractivity contribution < 1.29 is 14.3 Å². The maximum absolute atomic E-state index is 12.8. The quantitative estimate of drug-likeness (QED) is 0.310. The number of ether oxygens (including phenoxy) is 1. The fourth-order valence-corrected chi connectivity index (χ4v) is 3.85. The molecular formula is C27H25N3O4. The van der Waals surface area contributed by atoms with Gasteiger partial charge in [0.15, 0.2) is 12.3 Å². The highest BCUT2D eigenvalue weighted by molar-refractivity contribution is 6.00. The van der Waals surface area contributed by atoms with Crippen LogP contribution in [-0.4, -0.2) is 32.7 Å². The second-order valence-electron chi connectivity index (χ2n) is 8.16. The van der Waals surface area contributed by atoms with Crippen LogP contribution in [0.3, 0.4) is 0 Å². The van der Waals surface area contributed by atoms with Crippen LogP contribution in [0.2, 0.25) is 0 Å². The molecule has 0 aliphatic rings. The largest absolute Gasteiger partial charge is 0.453 e. The number of carbonyl (C=O) groups excluding carboxylic acids is 2. The minimum atomic E-state index is -0.762. The second-order valence-corrected chi connectivity index (χ2v) is 8.16. The molecule has 0 amide bonds. The molecule has 0 radical (unpaired) electrons. The topological polar surface area (TPSA) is 83.2 Å². The van der Waals surface area contributed by atoms with Gasteiger partial charge in [-0.05, 0) is 50.6 Å². The third-order valence-corrected chi connectivity index (χ3v) is 5.61. The molecule has 2 aromatic carbocycles. The van der Waals surface area contributed by atoms with Gasteiger partial charge in [0.25, 0.3) is 5.56 Å². The lowest BCUT2D eigenvalue weighted by Gasteiger charge is -2.10. The molecule has 0 saturated heterocycles. The van der Waals surface area contributed by atoms with Crippen LogP contribution in [0.25, 0.3) is 5.69 Å². The number of ketones is 1. The first kappa shape index (κ1) is 22.9. The summed E-state index contributed by atoms with van der Waals surface area (Å²) in [6, 6.07) is 21.7. The molecule has 0 atom stereocenters. The lowest BCUT2D eigenvalue weighted by molar-refractivity contribution is 0.0466. The molecule has 0 aliphatic carbocycles. The number of carbonyl (C=O) groups is 2. The molecule has 4 rings (SSSR count). The molecule has 0 unspecified atom stereocenters. The van der Waals surface area contributed by atoms with E-state index in [9.17, 15) is 14.4 Å². The highest BCUT2D eigenvalue weighted by Crippen LogP contribution is 2.21. The van der Waals surface area contributed by atoms with Crippen molar-refractivity contribution in [1.82, 2.24) is 14.3 Å². The molecule has 172 valence electrons. The molecule has 7 heteroatoms. The molecule has 0 aliphatic heterocycles. The number of hydrogen-bond acceptors (Lipinski definition) is 5. The Kier molecular flexibility index (Phi) is 6.54. The van der Waals surface area contributed by atoms with Crippen LogP contribution in [0, 0.1) is 20.8 Å². The number of esters is 1. The van der Waals surface area contributed by atoms with E-state index in [4.69, 9.17) is 4.74 Å². The van der Waals surface area contributed by atoms with Crippen LogP contribution < -0.4 is 5.56 Å². The Balaban J connectivity index is 1.47. The number of Topliss-reactive ketones (excluding diaryl/α,β-unsaturated/α-hetero) is 1. The number of nitrogens with zero attached hydrogens (tertiary/aromatic N) is 3. The van der Waals surface area contributed by atoms with Gasteiger partial charge in [0, 0.05) is 28.7 Å². The van der Waals surface area contributed by atoms with Crippen LogP contribution in [0.1, 0.15) is 43.4 Å². The van der Waals surface area contributed by atoms with Crippen molar-refractivity contribution >= 4 is 11.8 Å². The first-order valence-electron chi connectivity index (χ1n) is 10.9. The van der Waals surface area contributed by atoms with E-state index in [1.54, 1.807) is 6.07 Å². The third-order valence-electron chi connectivity index (χ3n) is 5.61. The fraction of sp³-hybridized carbons (Fsp3) is 0.185. The van der Waals surface area contributed by atoms with Crippen LogP contribution in [0.5, 0.6) is 0 Å². The van der Waals surface area contributed by atoms with E-state index >= 15 is 0 Å². The zero-order chi connectivity index (χ0) is 24.2. The normalized spacial score (nSPS) is 10.8. The standard InChI is InChI=1S/C27H25N3O4/c1-18-9-11-22(12-10-18)30-19(2)15-23(20(30)3)25(31)17-34-27(33)24-13-14-26(32)29(28-24)16-21-7-5-4-6-8-21/h4-15H,16-17H2,1-3H3. The van der Waals surface area contributed by atoms with Gasteiger partial charge in [-0.15, -0.1) is 0 Å². The van der Waals surface area contributed by atoms with Gasteiger partial charge in [0.2, 0.25) is 5.78 Å². The van der Waals surface area contributed by atoms with Crippen molar-refractivity contribution in [2.45, 2.75) is 27.3 Å². The van der Waals surface area contributed by atoms with E-state index in [0.29, 0.717) is 5.56 Å². The van der Waals surface area contributed by atoms with Gasteiger partial charge in [-0.3, -0.25) is 9.59 Å². The predicted octanol–water partition coefficient (Wildman–Crippen LogP) is 4.05. The summed E-state index contributed by atoms with van der Waals surface area (Å²) in [5.41, 5.74) is 4.80. The minimum absolute atomic E-state index is 0.0338. The van der Waals surface area contributed by atoms with Crippen LogP contribution in [0.4, 0.5) is 0 Å². The van der Waals surface area contributed by atoms with Gasteiger partial charge in [-0.1, -0.05) is 48.0 Å². The summed E-state index contributed by atoms with van der Waals surface area (Å²) >= 11 is 0. The van der Waals surface area contributed by atoms with E-state index in [0.717, 1.165) is 28.2 Å². The molecule has 2 aromatic heterocycles. The molecule has 0 N–H and O–H groups in total. The summed E-state index contributed by atoms with van der Waals surface area (Å²) in [6.07, 6.45) is 0. The van der Waals surface area contributed by atoms with Crippen molar-refractivity contribution in [2.75, 3.05) is 6.61 Å². The van der Waals surface area contributed by atoms with Gasteiger partial charge in [0.1, 0.15) is 0 Å². The van der Waals surface area contributed by atoms with Gasteiger partial charge in [-0.25, -0.2) is 9.48 Å². The number of hydrogen-bond donors (Lipinski definition) is 0. The number of rotatable bonds is 7. The van der Waals surface area contributed by atoms with Gasteiger partial charge < -0.3 is 9.30 Å². The van der Waals surface area contributed by atoms with Gasteiger partial charge >= 0.3 is 5.97 Å². The van der Waals surface area contributed by atoms with E-state index in [1.807, 2.05) is 79.9 Å².